The SMILES string of the molecule is NC1=NC2(CCCCC2)N(c2ccc3c(c2)C(=O)Nc2ccccc2O3)C(N)=N1. The summed E-state index contributed by atoms with van der Waals surface area (Å²) in [7, 11) is 0. The summed E-state index contributed by atoms with van der Waals surface area (Å²) in [4.78, 5) is 23.7. The number of nitrogens with one attached hydrogen (secondary N) is 1. The molecule has 1 spiro atoms. The first kappa shape index (κ1) is 17.5. The van der Waals surface area contributed by atoms with Gasteiger partial charge in [0.15, 0.2) is 5.75 Å². The minimum atomic E-state index is -0.562. The number of amides is 1. The van der Waals surface area contributed by atoms with E-state index in [9.17, 15) is 4.79 Å². The molecule has 8 nitrogen and oxygen atoms in total. The summed E-state index contributed by atoms with van der Waals surface area (Å²) >= 11 is 0. The van der Waals surface area contributed by atoms with Crippen molar-refractivity contribution in [3.63, 3.8) is 0 Å². The van der Waals surface area contributed by atoms with Gasteiger partial charge in [0.2, 0.25) is 11.9 Å². The number of nitrogens with zero attached hydrogens (tertiary/aromatic N) is 3. The summed E-state index contributed by atoms with van der Waals surface area (Å²) in [6, 6.07) is 12.8. The number of hydrogen-bond donors (Lipinski definition) is 3. The molecule has 2 aromatic rings. The van der Waals surface area contributed by atoms with Crippen LogP contribution in [0.3, 0.4) is 0 Å². The summed E-state index contributed by atoms with van der Waals surface area (Å²) in [5.74, 6) is 1.35. The Morgan fingerprint density at radius 1 is 1.03 bits per heavy atom. The first-order valence-corrected chi connectivity index (χ1v) is 9.78. The van der Waals surface area contributed by atoms with Crippen LogP contribution in [-0.2, 0) is 0 Å². The lowest BCUT2D eigenvalue weighted by Crippen LogP contribution is -2.58. The Morgan fingerprint density at radius 2 is 1.83 bits per heavy atom. The monoisotopic (exact) mass is 390 g/mol. The summed E-state index contributed by atoms with van der Waals surface area (Å²) in [6.45, 7) is 0. The number of aliphatic imine (C=N–C) groups is 2. The maximum Gasteiger partial charge on any atom is 0.259 e. The lowest BCUT2D eigenvalue weighted by Gasteiger charge is -2.45. The number of carbonyl (C=O) groups excluding carboxylic acids is 1. The second-order valence-electron chi connectivity index (χ2n) is 7.55. The van der Waals surface area contributed by atoms with Crippen molar-refractivity contribution >= 4 is 29.2 Å². The Balaban J connectivity index is 1.58. The average Bonchev–Trinajstić information content (AvgIpc) is 2.84. The number of para-hydroxylation sites is 2. The van der Waals surface area contributed by atoms with Gasteiger partial charge in [-0.05, 0) is 56.0 Å². The van der Waals surface area contributed by atoms with E-state index in [4.69, 9.17) is 16.2 Å². The van der Waals surface area contributed by atoms with E-state index >= 15 is 0 Å². The molecule has 0 atom stereocenters. The first-order valence-electron chi connectivity index (χ1n) is 9.78. The van der Waals surface area contributed by atoms with Crippen molar-refractivity contribution in [2.24, 2.45) is 21.5 Å². The number of hydrogen-bond acceptors (Lipinski definition) is 7. The van der Waals surface area contributed by atoms with Gasteiger partial charge in [0.25, 0.3) is 5.91 Å². The number of guanidine groups is 2. The third kappa shape index (κ3) is 2.88. The van der Waals surface area contributed by atoms with Gasteiger partial charge in [0.1, 0.15) is 11.4 Å². The van der Waals surface area contributed by atoms with Crippen molar-refractivity contribution in [2.45, 2.75) is 37.8 Å². The maximum absolute atomic E-state index is 12.9. The van der Waals surface area contributed by atoms with Gasteiger partial charge in [-0.15, -0.1) is 0 Å². The summed E-state index contributed by atoms with van der Waals surface area (Å²) in [6.07, 6.45) is 4.87. The molecule has 0 saturated heterocycles. The molecule has 0 unspecified atom stereocenters. The van der Waals surface area contributed by atoms with E-state index in [0.29, 0.717) is 22.7 Å². The number of carbonyl (C=O) groups is 1. The number of rotatable bonds is 1. The van der Waals surface area contributed by atoms with Crippen LogP contribution in [0.25, 0.3) is 0 Å². The highest BCUT2D eigenvalue weighted by Crippen LogP contribution is 2.42. The van der Waals surface area contributed by atoms with Crippen molar-refractivity contribution in [3.8, 4) is 11.5 Å². The Kier molecular flexibility index (Phi) is 3.94. The fourth-order valence-corrected chi connectivity index (χ4v) is 4.39. The van der Waals surface area contributed by atoms with Crippen LogP contribution in [0.5, 0.6) is 11.5 Å². The van der Waals surface area contributed by atoms with Crippen molar-refractivity contribution in [1.29, 1.82) is 0 Å². The molecule has 3 aliphatic rings. The molecule has 148 valence electrons. The number of nitrogens with two attached hydrogens (primary N) is 2. The quantitative estimate of drug-likeness (QED) is 0.691. The second kappa shape index (κ2) is 6.51. The third-order valence-corrected chi connectivity index (χ3v) is 5.67. The van der Waals surface area contributed by atoms with Gasteiger partial charge in [-0.2, -0.15) is 4.99 Å². The Morgan fingerprint density at radius 3 is 2.66 bits per heavy atom. The minimum Gasteiger partial charge on any atom is -0.454 e. The zero-order valence-electron chi connectivity index (χ0n) is 15.9. The van der Waals surface area contributed by atoms with E-state index in [-0.39, 0.29) is 17.8 Å². The third-order valence-electron chi connectivity index (χ3n) is 5.67. The second-order valence-corrected chi connectivity index (χ2v) is 7.55. The van der Waals surface area contributed by atoms with Crippen LogP contribution in [-0.4, -0.2) is 23.5 Å². The van der Waals surface area contributed by atoms with E-state index < -0.39 is 5.66 Å². The van der Waals surface area contributed by atoms with Gasteiger partial charge in [0, 0.05) is 5.69 Å². The molecule has 0 aromatic heterocycles. The van der Waals surface area contributed by atoms with E-state index in [1.165, 1.54) is 0 Å². The molecule has 1 fully saturated rings. The summed E-state index contributed by atoms with van der Waals surface area (Å²) < 4.78 is 5.99. The highest BCUT2D eigenvalue weighted by Gasteiger charge is 2.43. The van der Waals surface area contributed by atoms with Crippen LogP contribution in [0.4, 0.5) is 11.4 Å². The van der Waals surface area contributed by atoms with Gasteiger partial charge in [-0.3, -0.25) is 9.69 Å². The predicted octanol–water partition coefficient (Wildman–Crippen LogP) is 3.15. The fourth-order valence-electron chi connectivity index (χ4n) is 4.39. The Labute approximate surface area is 168 Å². The number of fused-ring (bicyclic) bond motifs is 2. The summed E-state index contributed by atoms with van der Waals surface area (Å²) in [5.41, 5.74) is 13.5. The molecule has 29 heavy (non-hydrogen) atoms. The zero-order chi connectivity index (χ0) is 20.0. The molecule has 5 rings (SSSR count). The molecule has 5 N–H and O–H groups in total. The number of ether oxygens (including phenoxy) is 1. The van der Waals surface area contributed by atoms with Gasteiger partial charge in [-0.1, -0.05) is 18.6 Å². The molecule has 8 heteroatoms. The van der Waals surface area contributed by atoms with Crippen LogP contribution in [0.2, 0.25) is 0 Å². The number of anilines is 2. The lowest BCUT2D eigenvalue weighted by atomic mass is 9.87. The molecule has 2 heterocycles. The van der Waals surface area contributed by atoms with E-state index in [1.807, 2.05) is 35.2 Å². The van der Waals surface area contributed by atoms with E-state index in [0.717, 1.165) is 37.8 Å². The molecule has 0 radical (unpaired) electrons. The lowest BCUT2D eigenvalue weighted by molar-refractivity contribution is 0.102. The van der Waals surface area contributed by atoms with Gasteiger partial charge >= 0.3 is 0 Å². The predicted molar refractivity (Wildman–Crippen MR) is 112 cm³/mol. The van der Waals surface area contributed by atoms with E-state index in [1.54, 1.807) is 12.1 Å². The molecule has 0 bridgehead atoms. The Hall–Kier alpha value is -3.55. The van der Waals surface area contributed by atoms with Crippen LogP contribution in [0.15, 0.2) is 52.4 Å². The molecule has 2 aliphatic heterocycles. The summed E-state index contributed by atoms with van der Waals surface area (Å²) in [5, 5.41) is 2.91. The topological polar surface area (TPSA) is 118 Å². The molecule has 1 amide bonds. The zero-order valence-corrected chi connectivity index (χ0v) is 15.9. The molecular weight excluding hydrogens is 368 g/mol. The largest absolute Gasteiger partial charge is 0.454 e. The van der Waals surface area contributed by atoms with Crippen LogP contribution < -0.4 is 26.4 Å². The van der Waals surface area contributed by atoms with Crippen LogP contribution in [0.1, 0.15) is 42.5 Å². The first-order chi connectivity index (χ1) is 14.1. The van der Waals surface area contributed by atoms with Crippen molar-refractivity contribution < 1.29 is 9.53 Å². The van der Waals surface area contributed by atoms with Gasteiger partial charge in [-0.25, -0.2) is 4.99 Å². The van der Waals surface area contributed by atoms with Crippen LogP contribution >= 0.6 is 0 Å². The van der Waals surface area contributed by atoms with E-state index in [2.05, 4.69) is 15.3 Å². The maximum atomic E-state index is 12.9. The van der Waals surface area contributed by atoms with Gasteiger partial charge < -0.3 is 21.5 Å². The van der Waals surface area contributed by atoms with Crippen molar-refractivity contribution in [2.75, 3.05) is 10.2 Å². The Bertz CT molecular complexity index is 1050. The fraction of sp³-hybridized carbons (Fsp3) is 0.286. The molecule has 2 aromatic carbocycles. The average molecular weight is 390 g/mol. The smallest absolute Gasteiger partial charge is 0.259 e. The van der Waals surface area contributed by atoms with Crippen molar-refractivity contribution in [1.82, 2.24) is 0 Å². The number of benzene rings is 2. The highest BCUT2D eigenvalue weighted by atomic mass is 16.5. The standard InChI is InChI=1S/C21H22N6O2/c22-19-25-20(23)27(21(26-19)10-4-1-5-11-21)13-8-9-16-14(12-13)18(28)24-15-6-2-3-7-17(15)29-16/h2-3,6-9,12H,1,4-5,10-11H2,(H,24,28)(H4,22,23,25,26). The van der Waals surface area contributed by atoms with Crippen LogP contribution in [0, 0.1) is 0 Å². The normalized spacial score (nSPS) is 19.9. The minimum absolute atomic E-state index is 0.201. The van der Waals surface area contributed by atoms with Crippen molar-refractivity contribution in [3.05, 3.63) is 48.0 Å². The molecule has 1 aliphatic carbocycles. The molecule has 1 saturated carbocycles. The van der Waals surface area contributed by atoms with Gasteiger partial charge in [0.05, 0.1) is 11.3 Å². The molecular formula is C21H22N6O2. The highest BCUT2D eigenvalue weighted by molar-refractivity contribution is 6.10.